The van der Waals surface area contributed by atoms with E-state index in [4.69, 9.17) is 11.6 Å². The number of hydrogen-bond acceptors (Lipinski definition) is 3. The quantitative estimate of drug-likeness (QED) is 0.429. The predicted molar refractivity (Wildman–Crippen MR) is 142 cm³/mol. The standard InChI is InChI=1S/C28H31ClN2O3S/c1-19-8-14-26(15-9-19)35(33,34)31(27-17-25(29)13-10-20(27)2)18-28(32)30-21(3)23-12-11-22-6-4-5-7-24(22)16-23/h8-17,21H,4-7,18H2,1-3H3,(H,30,32)/t21-/m1/s1. The summed E-state index contributed by atoms with van der Waals surface area (Å²) in [7, 11) is -4.00. The summed E-state index contributed by atoms with van der Waals surface area (Å²) in [5, 5.41) is 3.39. The lowest BCUT2D eigenvalue weighted by Crippen LogP contribution is -2.42. The third-order valence-electron chi connectivity index (χ3n) is 6.59. The Morgan fingerprint density at radius 1 is 0.971 bits per heavy atom. The van der Waals surface area contributed by atoms with Crippen molar-refractivity contribution in [3.05, 3.63) is 93.5 Å². The van der Waals surface area contributed by atoms with Crippen LogP contribution < -0.4 is 9.62 Å². The van der Waals surface area contributed by atoms with Crippen LogP contribution in [-0.2, 0) is 27.7 Å². The zero-order valence-corrected chi connectivity index (χ0v) is 21.9. The lowest BCUT2D eigenvalue weighted by atomic mass is 9.89. The predicted octanol–water partition coefficient (Wildman–Crippen LogP) is 5.91. The fraction of sp³-hybridized carbons (Fsp3) is 0.321. The second-order valence-corrected chi connectivity index (χ2v) is 11.6. The van der Waals surface area contributed by atoms with Crippen molar-refractivity contribution >= 4 is 33.2 Å². The van der Waals surface area contributed by atoms with E-state index in [-0.39, 0.29) is 23.4 Å². The van der Waals surface area contributed by atoms with Gasteiger partial charge in [0.2, 0.25) is 5.91 Å². The Bertz CT molecular complexity index is 1340. The second-order valence-electron chi connectivity index (χ2n) is 9.28. The van der Waals surface area contributed by atoms with Crippen LogP contribution in [-0.4, -0.2) is 20.9 Å². The van der Waals surface area contributed by atoms with Crippen molar-refractivity contribution in [3.63, 3.8) is 0 Å². The van der Waals surface area contributed by atoms with E-state index in [1.807, 2.05) is 13.8 Å². The molecule has 0 unspecified atom stereocenters. The molecule has 184 valence electrons. The molecule has 0 aromatic heterocycles. The topological polar surface area (TPSA) is 66.5 Å². The summed E-state index contributed by atoms with van der Waals surface area (Å²) in [5.74, 6) is -0.384. The first-order valence-electron chi connectivity index (χ1n) is 11.9. The lowest BCUT2D eigenvalue weighted by molar-refractivity contribution is -0.120. The van der Waals surface area contributed by atoms with Crippen molar-refractivity contribution in [2.75, 3.05) is 10.8 Å². The van der Waals surface area contributed by atoms with Crippen LogP contribution in [0, 0.1) is 13.8 Å². The van der Waals surface area contributed by atoms with Gasteiger partial charge in [0.15, 0.2) is 0 Å². The zero-order valence-electron chi connectivity index (χ0n) is 20.3. The highest BCUT2D eigenvalue weighted by molar-refractivity contribution is 7.92. The Labute approximate surface area is 213 Å². The van der Waals surface area contributed by atoms with Gasteiger partial charge in [0.1, 0.15) is 6.54 Å². The van der Waals surface area contributed by atoms with Crippen molar-refractivity contribution in [1.82, 2.24) is 5.32 Å². The van der Waals surface area contributed by atoms with Crippen LogP contribution in [0.3, 0.4) is 0 Å². The maximum Gasteiger partial charge on any atom is 0.264 e. The number of hydrogen-bond donors (Lipinski definition) is 1. The molecule has 3 aromatic rings. The molecule has 0 saturated heterocycles. The number of nitrogens with one attached hydrogen (secondary N) is 1. The normalized spacial score (nSPS) is 14.2. The SMILES string of the molecule is Cc1ccc(S(=O)(=O)N(CC(=O)N[C@H](C)c2ccc3c(c2)CCCC3)c2cc(Cl)ccc2C)cc1. The molecule has 0 aliphatic heterocycles. The lowest BCUT2D eigenvalue weighted by Gasteiger charge is -2.27. The Kier molecular flexibility index (Phi) is 7.53. The van der Waals surface area contributed by atoms with Gasteiger partial charge >= 0.3 is 0 Å². The van der Waals surface area contributed by atoms with E-state index in [0.717, 1.165) is 28.3 Å². The highest BCUT2D eigenvalue weighted by atomic mass is 35.5. The van der Waals surface area contributed by atoms with Crippen LogP contribution in [0.1, 0.15) is 53.6 Å². The first-order chi connectivity index (χ1) is 16.6. The monoisotopic (exact) mass is 510 g/mol. The molecule has 0 saturated carbocycles. The summed E-state index contributed by atoms with van der Waals surface area (Å²) in [5.41, 5.74) is 5.78. The Balaban J connectivity index is 1.61. The molecule has 1 aliphatic rings. The van der Waals surface area contributed by atoms with Gasteiger partial charge < -0.3 is 5.32 Å². The van der Waals surface area contributed by atoms with Gasteiger partial charge in [-0.05, 0) is 93.0 Å². The minimum atomic E-state index is -4.00. The third-order valence-corrected chi connectivity index (χ3v) is 8.60. The zero-order chi connectivity index (χ0) is 25.2. The van der Waals surface area contributed by atoms with E-state index in [1.165, 1.54) is 24.0 Å². The highest BCUT2D eigenvalue weighted by Gasteiger charge is 2.29. The van der Waals surface area contributed by atoms with Gasteiger partial charge in [-0.1, -0.05) is 53.6 Å². The number of fused-ring (bicyclic) bond motifs is 1. The number of carbonyl (C=O) groups excluding carboxylic acids is 1. The number of rotatable bonds is 7. The van der Waals surface area contributed by atoms with Crippen molar-refractivity contribution < 1.29 is 13.2 Å². The van der Waals surface area contributed by atoms with E-state index in [0.29, 0.717) is 16.3 Å². The summed E-state index contributed by atoms with van der Waals surface area (Å²) in [6, 6.07) is 17.8. The summed E-state index contributed by atoms with van der Waals surface area (Å²) in [4.78, 5) is 13.3. The number of nitrogens with zero attached hydrogens (tertiary/aromatic N) is 1. The number of anilines is 1. The van der Waals surface area contributed by atoms with Gasteiger partial charge in [-0.25, -0.2) is 8.42 Å². The fourth-order valence-corrected chi connectivity index (χ4v) is 6.16. The smallest absolute Gasteiger partial charge is 0.264 e. The summed E-state index contributed by atoms with van der Waals surface area (Å²) in [6.07, 6.45) is 4.55. The molecule has 1 atom stereocenters. The van der Waals surface area contributed by atoms with Gasteiger partial charge in [0.05, 0.1) is 16.6 Å². The van der Waals surface area contributed by atoms with Crippen molar-refractivity contribution in [2.24, 2.45) is 0 Å². The molecule has 35 heavy (non-hydrogen) atoms. The molecule has 1 aliphatic carbocycles. The molecule has 7 heteroatoms. The van der Waals surface area contributed by atoms with Gasteiger partial charge in [0, 0.05) is 5.02 Å². The second kappa shape index (κ2) is 10.4. The molecule has 0 radical (unpaired) electrons. The van der Waals surface area contributed by atoms with Crippen LogP contribution in [0.15, 0.2) is 65.6 Å². The molecule has 4 rings (SSSR count). The van der Waals surface area contributed by atoms with Gasteiger partial charge in [0.25, 0.3) is 10.0 Å². The molecule has 0 bridgehead atoms. The molecule has 0 spiro atoms. The van der Waals surface area contributed by atoms with E-state index in [1.54, 1.807) is 49.4 Å². The minimum absolute atomic E-state index is 0.123. The number of halogens is 1. The molecule has 0 fully saturated rings. The molecule has 3 aromatic carbocycles. The van der Waals surface area contributed by atoms with Crippen molar-refractivity contribution in [3.8, 4) is 0 Å². The first-order valence-corrected chi connectivity index (χ1v) is 13.7. The van der Waals surface area contributed by atoms with Gasteiger partial charge in [-0.2, -0.15) is 0 Å². The van der Waals surface area contributed by atoms with E-state index in [2.05, 4.69) is 23.5 Å². The number of sulfonamides is 1. The van der Waals surface area contributed by atoms with Crippen LogP contribution in [0.2, 0.25) is 5.02 Å². The average molecular weight is 511 g/mol. The molecule has 5 nitrogen and oxygen atoms in total. The number of benzene rings is 3. The number of amides is 1. The largest absolute Gasteiger partial charge is 0.348 e. The van der Waals surface area contributed by atoms with Crippen molar-refractivity contribution in [2.45, 2.75) is 57.4 Å². The van der Waals surface area contributed by atoms with Gasteiger partial charge in [-0.15, -0.1) is 0 Å². The molecule has 0 heterocycles. The van der Waals surface area contributed by atoms with Gasteiger partial charge in [-0.3, -0.25) is 9.10 Å². The van der Waals surface area contributed by atoms with Crippen molar-refractivity contribution in [1.29, 1.82) is 0 Å². The molecule has 1 N–H and O–H groups in total. The summed E-state index contributed by atoms with van der Waals surface area (Å²) in [6.45, 7) is 5.26. The Morgan fingerprint density at radius 2 is 1.66 bits per heavy atom. The fourth-order valence-electron chi connectivity index (χ4n) is 4.51. The Hall–Kier alpha value is -2.83. The molecule has 1 amide bonds. The van der Waals surface area contributed by atoms with E-state index < -0.39 is 10.0 Å². The summed E-state index contributed by atoms with van der Waals surface area (Å²) >= 11 is 6.21. The van der Waals surface area contributed by atoms with E-state index in [9.17, 15) is 13.2 Å². The number of carbonyl (C=O) groups is 1. The van der Waals surface area contributed by atoms with E-state index >= 15 is 0 Å². The summed E-state index contributed by atoms with van der Waals surface area (Å²) < 4.78 is 28.5. The number of aryl methyl sites for hydroxylation is 4. The van der Waals surface area contributed by atoms with Crippen LogP contribution in [0.5, 0.6) is 0 Å². The Morgan fingerprint density at radius 3 is 2.37 bits per heavy atom. The maximum absolute atomic E-state index is 13.7. The third kappa shape index (κ3) is 5.71. The van der Waals surface area contributed by atoms with Crippen LogP contribution >= 0.6 is 11.6 Å². The first kappa shape index (κ1) is 25.3. The van der Waals surface area contributed by atoms with Crippen LogP contribution in [0.4, 0.5) is 5.69 Å². The molecular weight excluding hydrogens is 480 g/mol. The highest BCUT2D eigenvalue weighted by Crippen LogP contribution is 2.30. The van der Waals surface area contributed by atoms with Crippen LogP contribution in [0.25, 0.3) is 0 Å². The molecular formula is C28H31ClN2O3S. The average Bonchev–Trinajstić information content (AvgIpc) is 2.84. The minimum Gasteiger partial charge on any atom is -0.348 e. The maximum atomic E-state index is 13.7.